The second kappa shape index (κ2) is 6.38. The minimum absolute atomic E-state index is 0.300. The van der Waals surface area contributed by atoms with Crippen LogP contribution in [-0.4, -0.2) is 47.5 Å². The Morgan fingerprint density at radius 1 is 1.40 bits per heavy atom. The average Bonchev–Trinajstić information content (AvgIpc) is 2.16. The number of thioether (sulfide) groups is 1. The van der Waals surface area contributed by atoms with E-state index in [0.717, 1.165) is 25.3 Å². The quantitative estimate of drug-likeness (QED) is 0.740. The standard InChI is InChI=1S/C11H22N2OS/c1-4-5-15-8-11(14)13-6-9(2)12-10(3)7-13/h9-10,12H,4-8H2,1-3H3. The Bertz CT molecular complexity index is 201. The molecule has 1 N–H and O–H groups in total. The van der Waals surface area contributed by atoms with E-state index in [1.165, 1.54) is 0 Å². The first-order chi connectivity index (χ1) is 7.13. The van der Waals surface area contributed by atoms with Gasteiger partial charge in [0.25, 0.3) is 0 Å². The smallest absolute Gasteiger partial charge is 0.232 e. The molecule has 1 amide bonds. The van der Waals surface area contributed by atoms with Crippen LogP contribution in [0.5, 0.6) is 0 Å². The molecule has 2 unspecified atom stereocenters. The molecule has 0 saturated carbocycles. The highest BCUT2D eigenvalue weighted by Crippen LogP contribution is 2.08. The first kappa shape index (κ1) is 12.8. The molecule has 1 heterocycles. The number of carbonyl (C=O) groups excluding carboxylic acids is 1. The van der Waals surface area contributed by atoms with Gasteiger partial charge in [-0.05, 0) is 26.0 Å². The Kier molecular flexibility index (Phi) is 5.47. The Hall–Kier alpha value is -0.220. The Balaban J connectivity index is 2.31. The van der Waals surface area contributed by atoms with E-state index in [-0.39, 0.29) is 0 Å². The molecule has 0 radical (unpaired) electrons. The maximum absolute atomic E-state index is 11.8. The Morgan fingerprint density at radius 3 is 2.53 bits per heavy atom. The second-order valence-electron chi connectivity index (χ2n) is 4.32. The monoisotopic (exact) mass is 230 g/mol. The molecule has 0 aromatic rings. The van der Waals surface area contributed by atoms with Crippen molar-refractivity contribution >= 4 is 17.7 Å². The van der Waals surface area contributed by atoms with Gasteiger partial charge in [0.05, 0.1) is 5.75 Å². The van der Waals surface area contributed by atoms with E-state index in [9.17, 15) is 4.79 Å². The van der Waals surface area contributed by atoms with Crippen molar-refractivity contribution in [1.82, 2.24) is 10.2 Å². The van der Waals surface area contributed by atoms with Crippen LogP contribution in [0.4, 0.5) is 0 Å². The third-order valence-electron chi connectivity index (χ3n) is 2.48. The summed E-state index contributed by atoms with van der Waals surface area (Å²) in [5.41, 5.74) is 0. The van der Waals surface area contributed by atoms with Crippen molar-refractivity contribution < 1.29 is 4.79 Å². The van der Waals surface area contributed by atoms with Gasteiger partial charge in [-0.25, -0.2) is 0 Å². The lowest BCUT2D eigenvalue weighted by atomic mass is 10.1. The molecular formula is C11H22N2OS. The summed E-state index contributed by atoms with van der Waals surface area (Å²) in [6.07, 6.45) is 1.15. The average molecular weight is 230 g/mol. The van der Waals surface area contributed by atoms with E-state index < -0.39 is 0 Å². The third-order valence-corrected chi connectivity index (χ3v) is 3.63. The fourth-order valence-corrected chi connectivity index (χ4v) is 2.72. The van der Waals surface area contributed by atoms with Gasteiger partial charge in [-0.15, -0.1) is 0 Å². The summed E-state index contributed by atoms with van der Waals surface area (Å²) in [5.74, 6) is 2.03. The zero-order valence-electron chi connectivity index (χ0n) is 9.95. The number of rotatable bonds is 4. The van der Waals surface area contributed by atoms with Gasteiger partial charge in [-0.2, -0.15) is 11.8 Å². The van der Waals surface area contributed by atoms with Gasteiger partial charge in [-0.3, -0.25) is 4.79 Å². The van der Waals surface area contributed by atoms with Gasteiger partial charge in [-0.1, -0.05) is 6.92 Å². The fourth-order valence-electron chi connectivity index (χ4n) is 1.93. The molecular weight excluding hydrogens is 208 g/mol. The Labute approximate surface area is 97.0 Å². The fraction of sp³-hybridized carbons (Fsp3) is 0.909. The third kappa shape index (κ3) is 4.43. The highest BCUT2D eigenvalue weighted by Gasteiger charge is 2.24. The molecule has 4 heteroatoms. The summed E-state index contributed by atoms with van der Waals surface area (Å²) in [6, 6.07) is 0.850. The molecule has 0 aromatic heterocycles. The van der Waals surface area contributed by atoms with Crippen LogP contribution in [0.15, 0.2) is 0 Å². The maximum atomic E-state index is 11.8. The van der Waals surface area contributed by atoms with E-state index >= 15 is 0 Å². The van der Waals surface area contributed by atoms with Crippen molar-refractivity contribution in [1.29, 1.82) is 0 Å². The van der Waals surface area contributed by atoms with Crippen molar-refractivity contribution in [2.45, 2.75) is 39.3 Å². The van der Waals surface area contributed by atoms with Crippen LogP contribution in [0.2, 0.25) is 0 Å². The van der Waals surface area contributed by atoms with Gasteiger partial charge in [0, 0.05) is 25.2 Å². The van der Waals surface area contributed by atoms with Gasteiger partial charge in [0.1, 0.15) is 0 Å². The van der Waals surface area contributed by atoms with E-state index in [1.807, 2.05) is 4.90 Å². The lowest BCUT2D eigenvalue weighted by Gasteiger charge is -2.36. The van der Waals surface area contributed by atoms with Crippen molar-refractivity contribution in [2.75, 3.05) is 24.6 Å². The number of nitrogens with one attached hydrogen (secondary N) is 1. The topological polar surface area (TPSA) is 32.3 Å². The minimum Gasteiger partial charge on any atom is -0.339 e. The van der Waals surface area contributed by atoms with Crippen LogP contribution in [0.3, 0.4) is 0 Å². The molecule has 1 rings (SSSR count). The number of carbonyl (C=O) groups is 1. The summed E-state index contributed by atoms with van der Waals surface area (Å²) in [5, 5.41) is 3.43. The normalized spacial score (nSPS) is 26.7. The predicted octanol–water partition coefficient (Wildman–Crippen LogP) is 1.34. The van der Waals surface area contributed by atoms with Crippen LogP contribution >= 0.6 is 11.8 Å². The van der Waals surface area contributed by atoms with E-state index in [4.69, 9.17) is 0 Å². The van der Waals surface area contributed by atoms with Crippen LogP contribution in [-0.2, 0) is 4.79 Å². The molecule has 1 aliphatic rings. The summed E-state index contributed by atoms with van der Waals surface area (Å²) >= 11 is 1.75. The summed E-state index contributed by atoms with van der Waals surface area (Å²) in [6.45, 7) is 8.13. The molecule has 15 heavy (non-hydrogen) atoms. The van der Waals surface area contributed by atoms with Gasteiger partial charge >= 0.3 is 0 Å². The van der Waals surface area contributed by atoms with Crippen molar-refractivity contribution in [3.8, 4) is 0 Å². The SMILES string of the molecule is CCCSCC(=O)N1CC(C)NC(C)C1. The molecule has 3 nitrogen and oxygen atoms in total. The lowest BCUT2D eigenvalue weighted by molar-refractivity contribution is -0.130. The highest BCUT2D eigenvalue weighted by atomic mass is 32.2. The van der Waals surface area contributed by atoms with E-state index in [0.29, 0.717) is 23.7 Å². The van der Waals surface area contributed by atoms with E-state index in [1.54, 1.807) is 11.8 Å². The van der Waals surface area contributed by atoms with Crippen LogP contribution in [0, 0.1) is 0 Å². The molecule has 0 aliphatic carbocycles. The second-order valence-corrected chi connectivity index (χ2v) is 5.43. The van der Waals surface area contributed by atoms with Gasteiger partial charge in [0.15, 0.2) is 0 Å². The molecule has 0 bridgehead atoms. The number of amides is 1. The summed E-state index contributed by atoms with van der Waals surface area (Å²) in [4.78, 5) is 13.8. The first-order valence-electron chi connectivity index (χ1n) is 5.75. The van der Waals surface area contributed by atoms with Crippen LogP contribution in [0.1, 0.15) is 27.2 Å². The zero-order valence-corrected chi connectivity index (χ0v) is 10.8. The molecule has 1 saturated heterocycles. The van der Waals surface area contributed by atoms with Crippen molar-refractivity contribution in [3.05, 3.63) is 0 Å². The highest BCUT2D eigenvalue weighted by molar-refractivity contribution is 7.99. The summed E-state index contributed by atoms with van der Waals surface area (Å²) in [7, 11) is 0. The molecule has 1 aliphatic heterocycles. The molecule has 88 valence electrons. The van der Waals surface area contributed by atoms with Gasteiger partial charge in [0.2, 0.25) is 5.91 Å². The number of hydrogen-bond acceptors (Lipinski definition) is 3. The number of piperazine rings is 1. The summed E-state index contributed by atoms with van der Waals surface area (Å²) < 4.78 is 0. The molecule has 0 aromatic carbocycles. The largest absolute Gasteiger partial charge is 0.339 e. The molecule has 0 spiro atoms. The number of nitrogens with zero attached hydrogens (tertiary/aromatic N) is 1. The van der Waals surface area contributed by atoms with Gasteiger partial charge < -0.3 is 10.2 Å². The zero-order chi connectivity index (χ0) is 11.3. The first-order valence-corrected chi connectivity index (χ1v) is 6.90. The lowest BCUT2D eigenvalue weighted by Crippen LogP contribution is -2.56. The van der Waals surface area contributed by atoms with Crippen LogP contribution < -0.4 is 5.32 Å². The Morgan fingerprint density at radius 2 is 2.00 bits per heavy atom. The minimum atomic E-state index is 0.300. The van der Waals surface area contributed by atoms with Crippen molar-refractivity contribution in [2.24, 2.45) is 0 Å². The van der Waals surface area contributed by atoms with Crippen LogP contribution in [0.25, 0.3) is 0 Å². The molecule has 2 atom stereocenters. The number of hydrogen-bond donors (Lipinski definition) is 1. The van der Waals surface area contributed by atoms with E-state index in [2.05, 4.69) is 26.1 Å². The molecule has 1 fully saturated rings. The van der Waals surface area contributed by atoms with Crippen molar-refractivity contribution in [3.63, 3.8) is 0 Å². The maximum Gasteiger partial charge on any atom is 0.232 e. The predicted molar refractivity (Wildman–Crippen MR) is 66.3 cm³/mol.